The van der Waals surface area contributed by atoms with Gasteiger partial charge in [0.2, 0.25) is 5.95 Å². The molecule has 2 heterocycles. The van der Waals surface area contributed by atoms with Crippen LogP contribution in [0.15, 0.2) is 237 Å². The van der Waals surface area contributed by atoms with Crippen LogP contribution < -0.4 is 4.90 Å². The Morgan fingerprint density at radius 3 is 1.45 bits per heavy atom. The Labute approximate surface area is 360 Å². The third-order valence-corrected chi connectivity index (χ3v) is 11.4. The first-order chi connectivity index (χ1) is 30.7. The lowest BCUT2D eigenvalue weighted by molar-refractivity contribution is 0.954. The van der Waals surface area contributed by atoms with Gasteiger partial charge in [-0.2, -0.15) is 9.97 Å². The van der Waals surface area contributed by atoms with Gasteiger partial charge in [0, 0.05) is 44.5 Å². The Kier molecular flexibility index (Phi) is 9.45. The van der Waals surface area contributed by atoms with Crippen LogP contribution in [0, 0.1) is 0 Å². The minimum Gasteiger partial charge on any atom is -0.310 e. The van der Waals surface area contributed by atoms with Crippen LogP contribution in [0.25, 0.3) is 83.9 Å². The number of nitrogens with zero attached hydrogens (tertiary/aromatic N) is 5. The fourth-order valence-electron chi connectivity index (χ4n) is 8.53. The summed E-state index contributed by atoms with van der Waals surface area (Å²) < 4.78 is 2.22. The van der Waals surface area contributed by atoms with Crippen molar-refractivity contribution in [2.75, 3.05) is 4.90 Å². The van der Waals surface area contributed by atoms with Gasteiger partial charge in [-0.25, -0.2) is 4.98 Å². The Bertz CT molecular complexity index is 3300. The van der Waals surface area contributed by atoms with E-state index in [1.807, 2.05) is 18.2 Å². The average molecular weight is 794 g/mol. The maximum atomic E-state index is 5.36. The van der Waals surface area contributed by atoms with Gasteiger partial charge in [0.25, 0.3) is 0 Å². The number of benzene rings is 9. The zero-order chi connectivity index (χ0) is 41.2. The molecule has 0 atom stereocenters. The highest BCUT2D eigenvalue weighted by atomic mass is 15.2. The topological polar surface area (TPSA) is 46.8 Å². The summed E-state index contributed by atoms with van der Waals surface area (Å²) in [5, 5.41) is 2.27. The molecule has 62 heavy (non-hydrogen) atoms. The second kappa shape index (κ2) is 16.0. The molecule has 0 aliphatic carbocycles. The standard InChI is InChI=1S/C57H39N5/c1-5-19-40(20-6-1)42-23-15-26-45(37-42)50-34-18-35-52-51-33-13-14-36-53(51)62(54(50)52)57-59-55(41-21-7-2-8-22-41)58-56(60-57)46-27-16-24-43(38-46)44-25-17-32-49(39-44)61(47-28-9-3-10-29-47)48-30-11-4-12-31-48/h1-39H. The molecule has 0 bridgehead atoms. The lowest BCUT2D eigenvalue weighted by Crippen LogP contribution is -2.09. The number of aromatic nitrogens is 4. The monoisotopic (exact) mass is 793 g/mol. The Morgan fingerprint density at radius 2 is 0.758 bits per heavy atom. The molecule has 0 N–H and O–H groups in total. The Balaban J connectivity index is 1.08. The molecule has 0 saturated heterocycles. The molecule has 2 aromatic heterocycles. The zero-order valence-electron chi connectivity index (χ0n) is 33.8. The van der Waals surface area contributed by atoms with Gasteiger partial charge in [0.1, 0.15) is 0 Å². The second-order valence-corrected chi connectivity index (χ2v) is 15.3. The summed E-state index contributed by atoms with van der Waals surface area (Å²) in [6.45, 7) is 0. The van der Waals surface area contributed by atoms with E-state index in [0.717, 1.165) is 77.8 Å². The molecular formula is C57H39N5. The number of rotatable bonds is 9. The molecule has 0 spiro atoms. The summed E-state index contributed by atoms with van der Waals surface area (Å²) in [5.41, 5.74) is 13.8. The minimum atomic E-state index is 0.556. The second-order valence-electron chi connectivity index (χ2n) is 15.3. The number of para-hydroxylation sites is 4. The predicted octanol–water partition coefficient (Wildman–Crippen LogP) is 14.8. The summed E-state index contributed by atoms with van der Waals surface area (Å²) in [4.78, 5) is 18.1. The first kappa shape index (κ1) is 36.7. The molecule has 0 saturated carbocycles. The van der Waals surface area contributed by atoms with Crippen molar-refractivity contribution in [3.05, 3.63) is 237 Å². The van der Waals surface area contributed by atoms with Crippen molar-refractivity contribution >= 4 is 38.9 Å². The molecule has 11 aromatic rings. The van der Waals surface area contributed by atoms with Gasteiger partial charge in [-0.3, -0.25) is 4.57 Å². The third-order valence-electron chi connectivity index (χ3n) is 11.4. The number of anilines is 3. The van der Waals surface area contributed by atoms with E-state index in [1.165, 1.54) is 5.56 Å². The van der Waals surface area contributed by atoms with Crippen LogP contribution in [0.3, 0.4) is 0 Å². The molecular weight excluding hydrogens is 755 g/mol. The Morgan fingerprint density at radius 1 is 0.306 bits per heavy atom. The van der Waals surface area contributed by atoms with Gasteiger partial charge in [0.15, 0.2) is 11.6 Å². The van der Waals surface area contributed by atoms with Gasteiger partial charge < -0.3 is 4.90 Å². The van der Waals surface area contributed by atoms with Crippen molar-refractivity contribution < 1.29 is 0 Å². The van der Waals surface area contributed by atoms with Crippen LogP contribution in [0.5, 0.6) is 0 Å². The SMILES string of the molecule is c1ccc(-c2cccc(-c3cccc4c5ccccc5n(-c5nc(-c6ccccc6)nc(-c6cccc(-c7cccc(N(c8ccccc8)c8ccccc8)c7)c6)n5)c34)c2)cc1. The van der Waals surface area contributed by atoms with E-state index >= 15 is 0 Å². The van der Waals surface area contributed by atoms with Crippen molar-refractivity contribution in [2.45, 2.75) is 0 Å². The van der Waals surface area contributed by atoms with Gasteiger partial charge in [-0.1, -0.05) is 182 Å². The maximum Gasteiger partial charge on any atom is 0.238 e. The van der Waals surface area contributed by atoms with Crippen molar-refractivity contribution in [2.24, 2.45) is 0 Å². The molecule has 0 aliphatic heterocycles. The predicted molar refractivity (Wildman–Crippen MR) is 256 cm³/mol. The molecule has 292 valence electrons. The molecule has 11 rings (SSSR count). The molecule has 0 unspecified atom stereocenters. The van der Waals surface area contributed by atoms with Crippen LogP contribution in [0.4, 0.5) is 17.1 Å². The van der Waals surface area contributed by atoms with E-state index < -0.39 is 0 Å². The molecule has 9 aromatic carbocycles. The molecule has 5 heteroatoms. The van der Waals surface area contributed by atoms with Crippen LogP contribution in [-0.2, 0) is 0 Å². The fourth-order valence-corrected chi connectivity index (χ4v) is 8.53. The summed E-state index contributed by atoms with van der Waals surface area (Å²) >= 11 is 0. The van der Waals surface area contributed by atoms with E-state index in [4.69, 9.17) is 15.0 Å². The van der Waals surface area contributed by atoms with E-state index in [1.54, 1.807) is 0 Å². The van der Waals surface area contributed by atoms with Crippen molar-refractivity contribution in [3.63, 3.8) is 0 Å². The average Bonchev–Trinajstić information content (AvgIpc) is 3.70. The summed E-state index contributed by atoms with van der Waals surface area (Å²) in [6.07, 6.45) is 0. The molecule has 0 amide bonds. The highest BCUT2D eigenvalue weighted by Crippen LogP contribution is 2.40. The largest absolute Gasteiger partial charge is 0.310 e. The van der Waals surface area contributed by atoms with Crippen molar-refractivity contribution in [3.8, 4) is 62.1 Å². The van der Waals surface area contributed by atoms with E-state index in [-0.39, 0.29) is 0 Å². The normalized spacial score (nSPS) is 11.2. The molecule has 0 fully saturated rings. The number of fused-ring (bicyclic) bond motifs is 3. The van der Waals surface area contributed by atoms with Gasteiger partial charge in [-0.15, -0.1) is 0 Å². The summed E-state index contributed by atoms with van der Waals surface area (Å²) in [5.74, 6) is 1.76. The first-order valence-electron chi connectivity index (χ1n) is 20.9. The van der Waals surface area contributed by atoms with E-state index in [9.17, 15) is 0 Å². The smallest absolute Gasteiger partial charge is 0.238 e. The van der Waals surface area contributed by atoms with Crippen LogP contribution in [-0.4, -0.2) is 19.5 Å². The van der Waals surface area contributed by atoms with Gasteiger partial charge in [-0.05, 0) is 82.4 Å². The van der Waals surface area contributed by atoms with Gasteiger partial charge in [0.05, 0.1) is 11.0 Å². The highest BCUT2D eigenvalue weighted by molar-refractivity contribution is 6.13. The minimum absolute atomic E-state index is 0.556. The molecule has 5 nitrogen and oxygen atoms in total. The Hall–Kier alpha value is -8.41. The lowest BCUT2D eigenvalue weighted by atomic mass is 9.97. The molecule has 0 radical (unpaired) electrons. The summed E-state index contributed by atoms with van der Waals surface area (Å²) in [6, 6.07) is 82.8. The van der Waals surface area contributed by atoms with E-state index in [2.05, 4.69) is 228 Å². The summed E-state index contributed by atoms with van der Waals surface area (Å²) in [7, 11) is 0. The highest BCUT2D eigenvalue weighted by Gasteiger charge is 2.21. The van der Waals surface area contributed by atoms with E-state index in [0.29, 0.717) is 17.6 Å². The van der Waals surface area contributed by atoms with Crippen molar-refractivity contribution in [1.82, 2.24) is 19.5 Å². The molecule has 0 aliphatic rings. The van der Waals surface area contributed by atoms with Crippen LogP contribution in [0.1, 0.15) is 0 Å². The number of hydrogen-bond donors (Lipinski definition) is 0. The lowest BCUT2D eigenvalue weighted by Gasteiger charge is -2.26. The van der Waals surface area contributed by atoms with Gasteiger partial charge >= 0.3 is 0 Å². The number of hydrogen-bond acceptors (Lipinski definition) is 4. The third kappa shape index (κ3) is 6.87. The van der Waals surface area contributed by atoms with Crippen LogP contribution >= 0.6 is 0 Å². The first-order valence-corrected chi connectivity index (χ1v) is 20.9. The quantitative estimate of drug-likeness (QED) is 0.146. The van der Waals surface area contributed by atoms with Crippen molar-refractivity contribution in [1.29, 1.82) is 0 Å². The fraction of sp³-hybridized carbons (Fsp3) is 0. The zero-order valence-corrected chi connectivity index (χ0v) is 33.8. The maximum absolute atomic E-state index is 5.36. The van der Waals surface area contributed by atoms with Crippen LogP contribution in [0.2, 0.25) is 0 Å².